The van der Waals surface area contributed by atoms with Crippen LogP contribution in [0.4, 0.5) is 48.0 Å². The molecular weight excluding hydrogens is 809 g/mol. The Hall–Kier alpha value is -6.88. The summed E-state index contributed by atoms with van der Waals surface area (Å²) >= 11 is 0. The van der Waals surface area contributed by atoms with Crippen LogP contribution in [-0.4, -0.2) is 95.8 Å². The van der Waals surface area contributed by atoms with Gasteiger partial charge in [0.15, 0.2) is 0 Å². The summed E-state index contributed by atoms with van der Waals surface area (Å²) in [4.78, 5) is 62.9. The highest BCUT2D eigenvalue weighted by Crippen LogP contribution is 2.38. The summed E-state index contributed by atoms with van der Waals surface area (Å²) in [6.45, 7) is 10.6. The molecule has 3 aromatic carbocycles. The summed E-state index contributed by atoms with van der Waals surface area (Å²) in [5, 5.41) is 13.0. The molecule has 5 aromatic rings. The van der Waals surface area contributed by atoms with Crippen molar-refractivity contribution in [1.82, 2.24) is 25.0 Å². The maximum atomic E-state index is 16.1. The summed E-state index contributed by atoms with van der Waals surface area (Å²) < 4.78 is 31.5. The van der Waals surface area contributed by atoms with Gasteiger partial charge in [-0.3, -0.25) is 29.5 Å². The average Bonchev–Trinajstić information content (AvgIpc) is 3.54. The van der Waals surface area contributed by atoms with E-state index in [0.29, 0.717) is 37.7 Å². The number of anilines is 6. The minimum absolute atomic E-state index is 0.0328. The van der Waals surface area contributed by atoms with Gasteiger partial charge >= 0.3 is 6.03 Å². The third kappa shape index (κ3) is 8.39. The maximum absolute atomic E-state index is 16.1. The summed E-state index contributed by atoms with van der Waals surface area (Å²) in [6.07, 6.45) is 3.15. The number of nitrogens with two attached hydrogens (primary N) is 1. The van der Waals surface area contributed by atoms with E-state index in [9.17, 15) is 23.6 Å². The number of piperidine rings is 1. The van der Waals surface area contributed by atoms with Gasteiger partial charge in [0, 0.05) is 99.2 Å². The summed E-state index contributed by atoms with van der Waals surface area (Å²) in [7, 11) is 0. The molecule has 4 aliphatic heterocycles. The van der Waals surface area contributed by atoms with E-state index in [2.05, 4.69) is 65.0 Å². The molecule has 2 aromatic heterocycles. The lowest BCUT2D eigenvalue weighted by Gasteiger charge is -2.40. The van der Waals surface area contributed by atoms with E-state index in [1.807, 2.05) is 18.2 Å². The molecule has 9 rings (SSSR count). The number of nitrogens with zero attached hydrogens (tertiary/aromatic N) is 7. The monoisotopic (exact) mass is 857 g/mol. The molecule has 0 atom stereocenters. The van der Waals surface area contributed by atoms with Gasteiger partial charge in [0.25, 0.3) is 11.8 Å². The van der Waals surface area contributed by atoms with Crippen molar-refractivity contribution in [1.29, 1.82) is 0 Å². The number of pyridine rings is 1. The van der Waals surface area contributed by atoms with Gasteiger partial charge in [-0.2, -0.15) is 5.10 Å². The van der Waals surface area contributed by atoms with E-state index in [1.54, 1.807) is 9.58 Å². The van der Waals surface area contributed by atoms with Crippen LogP contribution in [0.3, 0.4) is 0 Å². The molecule has 5 amide bonds. The average molecular weight is 858 g/mol. The van der Waals surface area contributed by atoms with Crippen LogP contribution < -0.4 is 36.4 Å². The van der Waals surface area contributed by atoms with Crippen molar-refractivity contribution < 1.29 is 28.0 Å². The Labute approximate surface area is 363 Å². The van der Waals surface area contributed by atoms with E-state index in [0.717, 1.165) is 87.0 Å². The van der Waals surface area contributed by atoms with Crippen molar-refractivity contribution >= 4 is 58.1 Å². The first-order chi connectivity index (χ1) is 30.4. The molecule has 0 unspecified atom stereocenters. The van der Waals surface area contributed by atoms with Crippen molar-refractivity contribution in [3.8, 4) is 11.3 Å². The number of carbonyl (C=O) groups excluding carboxylic acids is 4. The molecule has 326 valence electrons. The number of aryl methyl sites for hydroxylation is 3. The number of aromatic nitrogens is 3. The third-order valence-corrected chi connectivity index (χ3v) is 12.7. The molecule has 3 fully saturated rings. The third-order valence-electron chi connectivity index (χ3n) is 12.7. The number of carbonyl (C=O) groups is 4. The predicted octanol–water partition coefficient (Wildman–Crippen LogP) is 5.98. The van der Waals surface area contributed by atoms with E-state index in [4.69, 9.17) is 5.73 Å². The highest BCUT2D eigenvalue weighted by atomic mass is 19.1. The Balaban J connectivity index is 0.803. The van der Waals surface area contributed by atoms with Crippen LogP contribution in [0.25, 0.3) is 11.3 Å². The van der Waals surface area contributed by atoms with Crippen LogP contribution in [0.2, 0.25) is 0 Å². The van der Waals surface area contributed by atoms with Gasteiger partial charge in [-0.25, -0.2) is 23.2 Å². The zero-order valence-electron chi connectivity index (χ0n) is 35.2. The van der Waals surface area contributed by atoms with Crippen molar-refractivity contribution in [2.24, 2.45) is 11.7 Å². The number of nitrogens with one attached hydrogen (secondary N) is 3. The fourth-order valence-electron chi connectivity index (χ4n) is 9.12. The van der Waals surface area contributed by atoms with Crippen molar-refractivity contribution in [2.45, 2.75) is 46.1 Å². The lowest BCUT2D eigenvalue weighted by molar-refractivity contribution is -0.120. The second-order valence-electron chi connectivity index (χ2n) is 16.7. The lowest BCUT2D eigenvalue weighted by Crippen LogP contribution is -2.49. The summed E-state index contributed by atoms with van der Waals surface area (Å²) in [5.41, 5.74) is 11.3. The van der Waals surface area contributed by atoms with Crippen LogP contribution in [0.15, 0.2) is 66.7 Å². The minimum atomic E-state index is -0.768. The van der Waals surface area contributed by atoms with Gasteiger partial charge in [-0.1, -0.05) is 0 Å². The standard InChI is InChI=1S/C46H49F2N11O4/c1-27-34(45(62)52-38-12-10-36(47)28(2)50-38)8-9-35(41(27)48)42-40(43(49)61)44-51-37-11-7-33(25-30(37)15-20-59(44)54-42)57-23-21-55(22-24-57)26-29-13-17-56(18-14-29)31-3-5-32(6-4-31)58-19-16-39(60)53-46(58)63/h3-12,25,29,51H,13-24,26H2,1-2H3,(H2,49,61)(H,50,52,62)(H,53,60,63). The molecule has 63 heavy (non-hydrogen) atoms. The number of imide groups is 1. The maximum Gasteiger partial charge on any atom is 0.328 e. The molecule has 0 spiro atoms. The van der Waals surface area contributed by atoms with Crippen LogP contribution in [0.1, 0.15) is 56.8 Å². The molecule has 6 heterocycles. The fraction of sp³-hybridized carbons (Fsp3) is 0.348. The van der Waals surface area contributed by atoms with Crippen molar-refractivity contribution in [3.63, 3.8) is 0 Å². The summed E-state index contributed by atoms with van der Waals surface area (Å²) in [5.74, 6) is -1.71. The second kappa shape index (κ2) is 17.1. The molecule has 4 aliphatic rings. The number of benzene rings is 3. The van der Waals surface area contributed by atoms with Crippen LogP contribution in [-0.2, 0) is 17.8 Å². The Kier molecular flexibility index (Phi) is 11.3. The number of amides is 5. The highest BCUT2D eigenvalue weighted by molar-refractivity contribution is 6.07. The first-order valence-corrected chi connectivity index (χ1v) is 21.4. The molecule has 0 bridgehead atoms. The first kappa shape index (κ1) is 41.5. The van der Waals surface area contributed by atoms with Crippen molar-refractivity contribution in [3.05, 3.63) is 106 Å². The van der Waals surface area contributed by atoms with Crippen molar-refractivity contribution in [2.75, 3.05) is 77.7 Å². The molecule has 5 N–H and O–H groups in total. The number of primary amides is 1. The van der Waals surface area contributed by atoms with Gasteiger partial charge in [0.1, 0.15) is 34.5 Å². The number of hydrogen-bond acceptors (Lipinski definition) is 10. The highest BCUT2D eigenvalue weighted by Gasteiger charge is 2.31. The topological polar surface area (TPSA) is 174 Å². The first-order valence-electron chi connectivity index (χ1n) is 21.4. The smallest absolute Gasteiger partial charge is 0.328 e. The zero-order valence-corrected chi connectivity index (χ0v) is 35.2. The molecule has 0 radical (unpaired) electrons. The van der Waals surface area contributed by atoms with Gasteiger partial charge in [0.05, 0.1) is 5.69 Å². The largest absolute Gasteiger partial charge is 0.372 e. The Bertz CT molecular complexity index is 2620. The van der Waals surface area contributed by atoms with E-state index >= 15 is 4.39 Å². The molecule has 0 saturated carbocycles. The molecule has 0 aliphatic carbocycles. The quantitative estimate of drug-likeness (QED) is 0.138. The number of urea groups is 1. The van der Waals surface area contributed by atoms with Crippen LogP contribution in [0, 0.1) is 31.4 Å². The van der Waals surface area contributed by atoms with Gasteiger partial charge < -0.3 is 26.2 Å². The van der Waals surface area contributed by atoms with E-state index < -0.39 is 23.4 Å². The fourth-order valence-corrected chi connectivity index (χ4v) is 9.12. The van der Waals surface area contributed by atoms with Crippen LogP contribution >= 0.6 is 0 Å². The second-order valence-corrected chi connectivity index (χ2v) is 16.7. The Morgan fingerprint density at radius 3 is 2.24 bits per heavy atom. The van der Waals surface area contributed by atoms with Gasteiger partial charge in [-0.05, 0) is 117 Å². The van der Waals surface area contributed by atoms with E-state index in [1.165, 1.54) is 38.1 Å². The number of rotatable bonds is 9. The normalized spacial score (nSPS) is 17.1. The Morgan fingerprint density at radius 2 is 1.52 bits per heavy atom. The number of fused-ring (bicyclic) bond motifs is 2. The van der Waals surface area contributed by atoms with Gasteiger partial charge in [0.2, 0.25) is 5.91 Å². The molecule has 17 heteroatoms. The Morgan fingerprint density at radius 1 is 0.810 bits per heavy atom. The van der Waals surface area contributed by atoms with Crippen LogP contribution in [0.5, 0.6) is 0 Å². The number of halogens is 2. The number of piperazine rings is 1. The SMILES string of the molecule is Cc1nc(NC(=O)c2ccc(-c3nn4c(c3C(N)=O)Nc3ccc(N5CCN(CC6CCN(c7ccc(N8CCC(=O)NC8=O)cc7)CC6)CC5)cc3CC4)c(F)c2C)ccc1F. The summed E-state index contributed by atoms with van der Waals surface area (Å²) in [6, 6.07) is 19.3. The van der Waals surface area contributed by atoms with Gasteiger partial charge in [-0.15, -0.1) is 0 Å². The molecule has 15 nitrogen and oxygen atoms in total. The molecular formula is C46H49F2N11O4. The lowest BCUT2D eigenvalue weighted by atomic mass is 9.95. The minimum Gasteiger partial charge on any atom is -0.372 e. The molecule has 3 saturated heterocycles. The predicted molar refractivity (Wildman–Crippen MR) is 237 cm³/mol. The number of hydrogen-bond donors (Lipinski definition) is 4. The van der Waals surface area contributed by atoms with E-state index in [-0.39, 0.29) is 51.4 Å². The zero-order chi connectivity index (χ0) is 43.9.